The minimum atomic E-state index is 1.24. The lowest BCUT2D eigenvalue weighted by molar-refractivity contribution is 1.17. The van der Waals surface area contributed by atoms with Crippen LogP contribution in [0, 0.1) is 0 Å². The van der Waals surface area contributed by atoms with Gasteiger partial charge in [-0.3, -0.25) is 0 Å². The van der Waals surface area contributed by atoms with Crippen molar-refractivity contribution < 1.29 is 0 Å². The number of fused-ring (bicyclic) bond motifs is 8. The predicted molar refractivity (Wildman–Crippen MR) is 108 cm³/mol. The van der Waals surface area contributed by atoms with Crippen LogP contribution < -0.4 is 0 Å². The zero-order valence-corrected chi connectivity index (χ0v) is 14.9. The Morgan fingerprint density at radius 2 is 1.24 bits per heavy atom. The highest BCUT2D eigenvalue weighted by atomic mass is 32.2. The Morgan fingerprint density at radius 1 is 0.520 bits per heavy atom. The topological polar surface area (TPSA) is 15.8 Å². The van der Waals surface area contributed by atoms with Crippen LogP contribution in [0.25, 0.3) is 32.6 Å². The maximum atomic E-state index is 3.75. The Labute approximate surface area is 153 Å². The molecule has 0 fully saturated rings. The molecule has 6 rings (SSSR count). The largest absolute Gasteiger partial charge is 0.353 e. The van der Waals surface area contributed by atoms with E-state index in [2.05, 4.69) is 77.8 Å². The first-order valence-corrected chi connectivity index (χ1v) is 9.93. The Bertz CT molecular complexity index is 1300. The highest BCUT2D eigenvalue weighted by Gasteiger charge is 2.21. The molecule has 1 aliphatic rings. The first-order chi connectivity index (χ1) is 12.4. The second kappa shape index (κ2) is 5.07. The van der Waals surface area contributed by atoms with Gasteiger partial charge in [0, 0.05) is 30.8 Å². The SMILES string of the molecule is c1ccc2c(c1)Sc1ccc3c([nH]c4c5ccccc5ccc34)c1S2. The van der Waals surface area contributed by atoms with Crippen LogP contribution in [0.1, 0.15) is 0 Å². The fourth-order valence-electron chi connectivity index (χ4n) is 3.70. The third kappa shape index (κ3) is 1.94. The van der Waals surface area contributed by atoms with Gasteiger partial charge in [0.05, 0.1) is 15.9 Å². The summed E-state index contributed by atoms with van der Waals surface area (Å²) in [6.07, 6.45) is 0. The van der Waals surface area contributed by atoms with Crippen molar-refractivity contribution in [1.29, 1.82) is 0 Å². The monoisotopic (exact) mass is 355 g/mol. The van der Waals surface area contributed by atoms with Crippen LogP contribution in [0.5, 0.6) is 0 Å². The minimum absolute atomic E-state index is 1.24. The molecule has 1 aliphatic heterocycles. The van der Waals surface area contributed by atoms with E-state index in [1.165, 1.54) is 52.2 Å². The van der Waals surface area contributed by atoms with Crippen LogP contribution in [0.3, 0.4) is 0 Å². The predicted octanol–water partition coefficient (Wildman–Crippen LogP) is 7.09. The van der Waals surface area contributed by atoms with E-state index in [1.54, 1.807) is 0 Å². The number of hydrogen-bond donors (Lipinski definition) is 1. The van der Waals surface area contributed by atoms with Crippen LogP contribution in [0.15, 0.2) is 92.4 Å². The second-order valence-corrected chi connectivity index (χ2v) is 8.44. The first-order valence-electron chi connectivity index (χ1n) is 8.29. The lowest BCUT2D eigenvalue weighted by atomic mass is 10.1. The molecule has 1 aromatic heterocycles. The van der Waals surface area contributed by atoms with Gasteiger partial charge in [-0.05, 0) is 23.6 Å². The molecule has 0 saturated heterocycles. The van der Waals surface area contributed by atoms with Crippen LogP contribution in [-0.2, 0) is 0 Å². The number of nitrogens with one attached hydrogen (secondary N) is 1. The molecule has 3 heteroatoms. The number of benzene rings is 4. The Balaban J connectivity index is 1.70. The summed E-state index contributed by atoms with van der Waals surface area (Å²) < 4.78 is 0. The number of aromatic amines is 1. The molecule has 5 aromatic rings. The van der Waals surface area contributed by atoms with Gasteiger partial charge in [-0.25, -0.2) is 0 Å². The maximum absolute atomic E-state index is 3.75. The normalized spacial score (nSPS) is 13.3. The van der Waals surface area contributed by atoms with E-state index in [4.69, 9.17) is 0 Å². The van der Waals surface area contributed by atoms with Crippen molar-refractivity contribution in [2.45, 2.75) is 19.6 Å². The van der Waals surface area contributed by atoms with Gasteiger partial charge in [0.15, 0.2) is 0 Å². The lowest BCUT2D eigenvalue weighted by Gasteiger charge is -2.18. The van der Waals surface area contributed by atoms with Gasteiger partial charge >= 0.3 is 0 Å². The third-order valence-electron chi connectivity index (χ3n) is 4.87. The average molecular weight is 355 g/mol. The molecule has 0 atom stereocenters. The summed E-state index contributed by atoms with van der Waals surface area (Å²) in [6.45, 7) is 0. The van der Waals surface area contributed by atoms with E-state index in [-0.39, 0.29) is 0 Å². The number of aromatic nitrogens is 1. The molecule has 1 N–H and O–H groups in total. The summed E-state index contributed by atoms with van der Waals surface area (Å²) in [5.74, 6) is 0. The van der Waals surface area contributed by atoms with Crippen molar-refractivity contribution in [1.82, 2.24) is 4.98 Å². The van der Waals surface area contributed by atoms with Gasteiger partial charge in [-0.2, -0.15) is 0 Å². The van der Waals surface area contributed by atoms with Crippen molar-refractivity contribution in [3.05, 3.63) is 72.8 Å². The molecule has 4 aromatic carbocycles. The Kier molecular flexibility index (Phi) is 2.81. The van der Waals surface area contributed by atoms with Crippen molar-refractivity contribution in [3.8, 4) is 0 Å². The Hall–Kier alpha value is -2.36. The molecule has 118 valence electrons. The van der Waals surface area contributed by atoms with Gasteiger partial charge in [-0.1, -0.05) is 78.1 Å². The van der Waals surface area contributed by atoms with E-state index >= 15 is 0 Å². The van der Waals surface area contributed by atoms with Crippen LogP contribution in [-0.4, -0.2) is 4.98 Å². The zero-order valence-electron chi connectivity index (χ0n) is 13.2. The van der Waals surface area contributed by atoms with Crippen LogP contribution in [0.4, 0.5) is 0 Å². The van der Waals surface area contributed by atoms with E-state index in [0.29, 0.717) is 0 Å². The van der Waals surface area contributed by atoms with E-state index in [0.717, 1.165) is 0 Å². The fraction of sp³-hybridized carbons (Fsp3) is 0. The summed E-state index contributed by atoms with van der Waals surface area (Å²) in [4.78, 5) is 9.13. The summed E-state index contributed by atoms with van der Waals surface area (Å²) >= 11 is 3.75. The molecule has 0 unspecified atom stereocenters. The van der Waals surface area contributed by atoms with Crippen LogP contribution in [0.2, 0.25) is 0 Å². The molecular weight excluding hydrogens is 342 g/mol. The number of hydrogen-bond acceptors (Lipinski definition) is 2. The zero-order chi connectivity index (χ0) is 16.4. The number of H-pyrrole nitrogens is 1. The van der Waals surface area contributed by atoms with Crippen molar-refractivity contribution in [2.24, 2.45) is 0 Å². The molecule has 0 spiro atoms. The van der Waals surface area contributed by atoms with Gasteiger partial charge < -0.3 is 4.98 Å². The first kappa shape index (κ1) is 13.9. The Morgan fingerprint density at radius 3 is 2.16 bits per heavy atom. The van der Waals surface area contributed by atoms with E-state index in [1.807, 2.05) is 23.5 Å². The fourth-order valence-corrected chi connectivity index (χ4v) is 6.05. The molecule has 1 nitrogen and oxygen atoms in total. The highest BCUT2D eigenvalue weighted by Crippen LogP contribution is 2.51. The minimum Gasteiger partial charge on any atom is -0.353 e. The summed E-state index contributed by atoms with van der Waals surface area (Å²) in [7, 11) is 0. The molecule has 25 heavy (non-hydrogen) atoms. The van der Waals surface area contributed by atoms with Gasteiger partial charge in [0.25, 0.3) is 0 Å². The molecule has 2 heterocycles. The smallest absolute Gasteiger partial charge is 0.0618 e. The summed E-state index contributed by atoms with van der Waals surface area (Å²) in [5, 5.41) is 5.19. The molecular formula is C22H13NS2. The molecule has 0 aliphatic carbocycles. The molecule has 0 amide bonds. The maximum Gasteiger partial charge on any atom is 0.0618 e. The lowest BCUT2D eigenvalue weighted by Crippen LogP contribution is -1.90. The van der Waals surface area contributed by atoms with Crippen molar-refractivity contribution in [3.63, 3.8) is 0 Å². The third-order valence-corrected chi connectivity index (χ3v) is 7.47. The van der Waals surface area contributed by atoms with Crippen LogP contribution >= 0.6 is 23.5 Å². The van der Waals surface area contributed by atoms with Crippen molar-refractivity contribution in [2.75, 3.05) is 0 Å². The quantitative estimate of drug-likeness (QED) is 0.313. The van der Waals surface area contributed by atoms with Crippen molar-refractivity contribution >= 4 is 56.1 Å². The number of rotatable bonds is 0. The standard InChI is InChI=1S/C22H13NS2/c1-2-6-14-13(5-1)9-10-15-16-11-12-19-22(21(16)23-20(14)15)25-18-8-4-3-7-17(18)24-19/h1-12,23H. The van der Waals surface area contributed by atoms with E-state index in [9.17, 15) is 0 Å². The highest BCUT2D eigenvalue weighted by molar-refractivity contribution is 8.05. The average Bonchev–Trinajstić information content (AvgIpc) is 3.06. The molecule has 0 saturated carbocycles. The van der Waals surface area contributed by atoms with E-state index < -0.39 is 0 Å². The second-order valence-electron chi connectivity index (χ2n) is 6.30. The summed E-state index contributed by atoms with van der Waals surface area (Å²) in [5.41, 5.74) is 2.50. The van der Waals surface area contributed by atoms with Gasteiger partial charge in [-0.15, -0.1) is 0 Å². The van der Waals surface area contributed by atoms with Gasteiger partial charge in [0.1, 0.15) is 0 Å². The molecule has 0 bridgehead atoms. The summed E-state index contributed by atoms with van der Waals surface area (Å²) in [6, 6.07) is 26.3. The molecule has 0 radical (unpaired) electrons. The van der Waals surface area contributed by atoms with Gasteiger partial charge in [0.2, 0.25) is 0 Å².